The fourth-order valence-corrected chi connectivity index (χ4v) is 3.70. The molecule has 0 radical (unpaired) electrons. The Labute approximate surface area is 209 Å². The first kappa shape index (κ1) is 23.4. The zero-order valence-corrected chi connectivity index (χ0v) is 19.1. The predicted molar refractivity (Wildman–Crippen MR) is 133 cm³/mol. The van der Waals surface area contributed by atoms with E-state index in [-0.39, 0.29) is 28.2 Å². The van der Waals surface area contributed by atoms with E-state index in [0.29, 0.717) is 16.8 Å². The molecule has 0 unspecified atom stereocenters. The van der Waals surface area contributed by atoms with Gasteiger partial charge in [0.1, 0.15) is 28.7 Å². The summed E-state index contributed by atoms with van der Waals surface area (Å²) in [5.41, 5.74) is 6.10. The van der Waals surface area contributed by atoms with E-state index in [0.717, 1.165) is 18.2 Å². The maximum atomic E-state index is 15.4. The number of pyridine rings is 2. The Bertz CT molecular complexity index is 1680. The summed E-state index contributed by atoms with van der Waals surface area (Å²) in [6.45, 7) is 0. The molecule has 5 aromatic rings. The molecule has 3 aromatic heterocycles. The van der Waals surface area contributed by atoms with Crippen molar-refractivity contribution >= 4 is 28.4 Å². The number of nitrogens with two attached hydrogens (primary N) is 1. The first-order valence-corrected chi connectivity index (χ1v) is 11.0. The van der Waals surface area contributed by atoms with Gasteiger partial charge in [-0.05, 0) is 54.6 Å². The Kier molecular flexibility index (Phi) is 6.18. The number of nitrogen functional groups attached to an aromatic ring is 1. The number of anilines is 2. The Morgan fingerprint density at radius 1 is 1.05 bits per heavy atom. The van der Waals surface area contributed by atoms with Gasteiger partial charge < -0.3 is 16.2 Å². The van der Waals surface area contributed by atoms with Gasteiger partial charge in [0.15, 0.2) is 11.9 Å². The number of hydrogen-bond acceptors (Lipinski definition) is 6. The van der Waals surface area contributed by atoms with Crippen LogP contribution in [0.1, 0.15) is 22.7 Å². The Morgan fingerprint density at radius 3 is 2.68 bits per heavy atom. The van der Waals surface area contributed by atoms with Crippen LogP contribution in [0.3, 0.4) is 0 Å². The third kappa shape index (κ3) is 4.92. The minimum Gasteiger partial charge on any atom is -0.508 e. The molecule has 0 aliphatic heterocycles. The van der Waals surface area contributed by atoms with Crippen LogP contribution >= 0.6 is 0 Å². The molecule has 37 heavy (non-hydrogen) atoms. The van der Waals surface area contributed by atoms with Gasteiger partial charge in [-0.3, -0.25) is 9.48 Å². The lowest BCUT2D eigenvalue weighted by molar-refractivity contribution is -0.118. The molecule has 3 heterocycles. The smallest absolute Gasteiger partial charge is 0.255 e. The van der Waals surface area contributed by atoms with Crippen molar-refractivity contribution in [2.45, 2.75) is 6.04 Å². The first-order chi connectivity index (χ1) is 17.9. The summed E-state index contributed by atoms with van der Waals surface area (Å²) in [5, 5.41) is 17.7. The van der Waals surface area contributed by atoms with E-state index in [9.17, 15) is 14.3 Å². The molecule has 4 N–H and O–H groups in total. The molecule has 10 heteroatoms. The number of nitrogens with zero attached hydrogens (tertiary/aromatic N) is 4. The van der Waals surface area contributed by atoms with Crippen molar-refractivity contribution in [3.63, 3.8) is 0 Å². The van der Waals surface area contributed by atoms with Gasteiger partial charge in [0.2, 0.25) is 0 Å². The van der Waals surface area contributed by atoms with Crippen molar-refractivity contribution in [3.8, 4) is 17.6 Å². The number of amides is 1. The third-order valence-electron chi connectivity index (χ3n) is 5.48. The number of benzene rings is 2. The Balaban J connectivity index is 1.57. The van der Waals surface area contributed by atoms with Crippen LogP contribution in [0.25, 0.3) is 10.9 Å². The lowest BCUT2D eigenvalue weighted by Crippen LogP contribution is -2.28. The normalized spacial score (nSPS) is 11.5. The maximum absolute atomic E-state index is 15.4. The highest BCUT2D eigenvalue weighted by Gasteiger charge is 2.28. The summed E-state index contributed by atoms with van der Waals surface area (Å²) in [6, 6.07) is 13.2. The number of phenols is 1. The summed E-state index contributed by atoms with van der Waals surface area (Å²) in [6.07, 6.45) is 4.40. The third-order valence-corrected chi connectivity index (χ3v) is 5.48. The van der Waals surface area contributed by atoms with Gasteiger partial charge in [-0.2, -0.15) is 5.10 Å². The number of carbonyl (C=O) groups excluding carboxylic acids is 1. The summed E-state index contributed by atoms with van der Waals surface area (Å²) >= 11 is 0. The van der Waals surface area contributed by atoms with E-state index in [1.54, 1.807) is 36.4 Å². The summed E-state index contributed by atoms with van der Waals surface area (Å²) in [7, 11) is 0. The van der Waals surface area contributed by atoms with Crippen molar-refractivity contribution in [3.05, 3.63) is 108 Å². The maximum Gasteiger partial charge on any atom is 0.255 e. The molecule has 0 fully saturated rings. The average Bonchev–Trinajstić information content (AvgIpc) is 3.32. The number of hydrogen-bond donors (Lipinski definition) is 3. The highest BCUT2D eigenvalue weighted by atomic mass is 19.1. The van der Waals surface area contributed by atoms with Gasteiger partial charge in [0.05, 0.1) is 5.56 Å². The van der Waals surface area contributed by atoms with Crippen LogP contribution in [0, 0.1) is 23.5 Å². The van der Waals surface area contributed by atoms with Gasteiger partial charge in [-0.25, -0.2) is 18.7 Å². The van der Waals surface area contributed by atoms with E-state index in [1.807, 2.05) is 0 Å². The van der Waals surface area contributed by atoms with Crippen LogP contribution in [0.15, 0.2) is 79.3 Å². The van der Waals surface area contributed by atoms with Crippen LogP contribution < -0.4 is 11.1 Å². The minimum atomic E-state index is -1.33. The molecule has 0 bridgehead atoms. The number of carbonyl (C=O) groups is 1. The highest BCUT2D eigenvalue weighted by molar-refractivity contribution is 5.96. The van der Waals surface area contributed by atoms with E-state index < -0.39 is 23.6 Å². The van der Waals surface area contributed by atoms with Gasteiger partial charge in [-0.15, -0.1) is 0 Å². The number of halogens is 2. The van der Waals surface area contributed by atoms with Gasteiger partial charge in [-0.1, -0.05) is 17.9 Å². The van der Waals surface area contributed by atoms with Gasteiger partial charge >= 0.3 is 0 Å². The second-order valence-electron chi connectivity index (χ2n) is 8.01. The second-order valence-corrected chi connectivity index (χ2v) is 8.01. The Hall–Kier alpha value is -5.30. The molecule has 0 aliphatic rings. The lowest BCUT2D eigenvalue weighted by atomic mass is 10.0. The van der Waals surface area contributed by atoms with E-state index in [1.165, 1.54) is 29.3 Å². The molecule has 0 spiro atoms. The average molecular weight is 496 g/mol. The van der Waals surface area contributed by atoms with Crippen molar-refractivity contribution < 1.29 is 18.7 Å². The van der Waals surface area contributed by atoms with Gasteiger partial charge in [0, 0.05) is 35.1 Å². The SMILES string of the molecule is Nc1ccc(C#Cc2ccc3cn([C@@H](C(=O)Nc4ccccn4)c4cc(F)ccc4O)nc3c2F)cn1. The second kappa shape index (κ2) is 9.75. The number of fused-ring (bicyclic) bond motifs is 1. The van der Waals surface area contributed by atoms with Crippen molar-refractivity contribution in [2.24, 2.45) is 0 Å². The molecular formula is C27H18F2N6O2. The number of rotatable bonds is 4. The van der Waals surface area contributed by atoms with Crippen molar-refractivity contribution in [2.75, 3.05) is 11.1 Å². The van der Waals surface area contributed by atoms with E-state index in [2.05, 4.69) is 32.2 Å². The summed E-state index contributed by atoms with van der Waals surface area (Å²) < 4.78 is 30.7. The quantitative estimate of drug-likeness (QED) is 0.324. The van der Waals surface area contributed by atoms with Crippen LogP contribution in [0.5, 0.6) is 5.75 Å². The molecule has 8 nitrogen and oxygen atoms in total. The van der Waals surface area contributed by atoms with Crippen LogP contribution in [-0.2, 0) is 4.79 Å². The van der Waals surface area contributed by atoms with Crippen LogP contribution in [-0.4, -0.2) is 30.8 Å². The van der Waals surface area contributed by atoms with Crippen LogP contribution in [0.2, 0.25) is 0 Å². The molecule has 5 rings (SSSR count). The molecule has 1 amide bonds. The zero-order valence-electron chi connectivity index (χ0n) is 19.1. The number of aromatic hydroxyl groups is 1. The summed E-state index contributed by atoms with van der Waals surface area (Å²) in [4.78, 5) is 21.3. The fraction of sp³-hybridized carbons (Fsp3) is 0.0370. The molecule has 182 valence electrons. The highest BCUT2D eigenvalue weighted by Crippen LogP contribution is 2.31. The van der Waals surface area contributed by atoms with Crippen molar-refractivity contribution in [1.29, 1.82) is 0 Å². The Morgan fingerprint density at radius 2 is 1.92 bits per heavy atom. The largest absolute Gasteiger partial charge is 0.508 e. The minimum absolute atomic E-state index is 0.0474. The molecule has 0 aliphatic carbocycles. The number of nitrogens with one attached hydrogen (secondary N) is 1. The molecule has 0 saturated heterocycles. The lowest BCUT2D eigenvalue weighted by Gasteiger charge is -2.18. The molecular weight excluding hydrogens is 478 g/mol. The number of phenolic OH excluding ortho intramolecular Hbond substituents is 1. The summed E-state index contributed by atoms with van der Waals surface area (Å²) in [5.74, 6) is 3.80. The molecule has 1 atom stereocenters. The number of aromatic nitrogens is 4. The van der Waals surface area contributed by atoms with Gasteiger partial charge in [0.25, 0.3) is 5.91 Å². The predicted octanol–water partition coefficient (Wildman–Crippen LogP) is 4.02. The van der Waals surface area contributed by atoms with Crippen LogP contribution in [0.4, 0.5) is 20.4 Å². The fourth-order valence-electron chi connectivity index (χ4n) is 3.70. The monoisotopic (exact) mass is 496 g/mol. The van der Waals surface area contributed by atoms with E-state index >= 15 is 4.39 Å². The topological polar surface area (TPSA) is 119 Å². The first-order valence-electron chi connectivity index (χ1n) is 11.0. The molecule has 2 aromatic carbocycles. The molecule has 0 saturated carbocycles. The zero-order chi connectivity index (χ0) is 25.9. The van der Waals surface area contributed by atoms with Crippen molar-refractivity contribution in [1.82, 2.24) is 19.7 Å². The standard InChI is InChI=1S/C27H18F2N6O2/c28-19-9-10-21(36)20(13-19)26(27(37)33-23-3-1-2-12-31-23)35-15-18-8-7-17(24(29)25(18)34-35)6-4-16-5-11-22(30)32-14-16/h1-3,5,7-15,26,36H,(H2,30,32)(H,31,33,37)/t26-/m1/s1. The van der Waals surface area contributed by atoms with E-state index in [4.69, 9.17) is 5.73 Å².